The number of hydrogen-bond acceptors (Lipinski definition) is 3. The Balaban J connectivity index is 0.00000420. The van der Waals surface area contributed by atoms with E-state index in [1.165, 1.54) is 0 Å². The number of halogens is 2. The summed E-state index contributed by atoms with van der Waals surface area (Å²) in [6.07, 6.45) is 7.01. The first-order valence-corrected chi connectivity index (χ1v) is 9.65. The number of carbonyl (C=O) groups is 2. The Morgan fingerprint density at radius 1 is 1.10 bits per heavy atom. The van der Waals surface area contributed by atoms with Crippen molar-refractivity contribution in [3.05, 3.63) is 65.2 Å². The summed E-state index contributed by atoms with van der Waals surface area (Å²) >= 11 is 5.91. The van der Waals surface area contributed by atoms with Crippen molar-refractivity contribution >= 4 is 41.4 Å². The van der Waals surface area contributed by atoms with E-state index in [9.17, 15) is 9.59 Å². The number of anilines is 1. The zero-order chi connectivity index (χ0) is 20.7. The summed E-state index contributed by atoms with van der Waals surface area (Å²) < 4.78 is 0. The number of benzene rings is 2. The number of para-hydroxylation sites is 1. The molecule has 2 aromatic rings. The molecule has 1 unspecified atom stereocenters. The van der Waals surface area contributed by atoms with Crippen LogP contribution in [-0.4, -0.2) is 30.3 Å². The Kier molecular flexibility index (Phi) is 9.39. The average molecular weight is 433 g/mol. The number of rotatable bonds is 8. The smallest absolute Gasteiger partial charge is 0.253 e. The molecule has 4 nitrogen and oxygen atoms in total. The molecule has 0 spiro atoms. The molecule has 0 aromatic heterocycles. The number of nitrogens with zero attached hydrogens (tertiary/aromatic N) is 1. The van der Waals surface area contributed by atoms with Gasteiger partial charge in [-0.15, -0.1) is 18.8 Å². The van der Waals surface area contributed by atoms with Crippen molar-refractivity contribution in [3.8, 4) is 12.3 Å². The van der Waals surface area contributed by atoms with E-state index < -0.39 is 11.6 Å². The summed E-state index contributed by atoms with van der Waals surface area (Å²) in [6.45, 7) is 3.89. The minimum absolute atomic E-state index is 0. The highest BCUT2D eigenvalue weighted by Crippen LogP contribution is 2.31. The predicted molar refractivity (Wildman–Crippen MR) is 122 cm³/mol. The Morgan fingerprint density at radius 2 is 1.66 bits per heavy atom. The zero-order valence-electron chi connectivity index (χ0n) is 16.8. The minimum Gasteiger partial charge on any atom is -0.302 e. The largest absolute Gasteiger partial charge is 0.302 e. The van der Waals surface area contributed by atoms with Crippen molar-refractivity contribution in [2.24, 2.45) is 0 Å². The molecule has 0 heterocycles. The second kappa shape index (κ2) is 11.0. The lowest BCUT2D eigenvalue weighted by atomic mass is 9.89. The van der Waals surface area contributed by atoms with Crippen molar-refractivity contribution in [2.75, 3.05) is 11.9 Å². The number of terminal acetylenes is 1. The molecular weight excluding hydrogens is 407 g/mol. The van der Waals surface area contributed by atoms with Crippen LogP contribution >= 0.6 is 24.0 Å². The Morgan fingerprint density at radius 3 is 2.10 bits per heavy atom. The van der Waals surface area contributed by atoms with Crippen molar-refractivity contribution in [1.82, 2.24) is 5.32 Å². The summed E-state index contributed by atoms with van der Waals surface area (Å²) in [4.78, 5) is 28.2. The third kappa shape index (κ3) is 5.19. The molecule has 6 heteroatoms. The molecule has 2 rings (SSSR count). The number of amides is 1. The highest BCUT2D eigenvalue weighted by Gasteiger charge is 2.41. The fourth-order valence-corrected chi connectivity index (χ4v) is 3.40. The van der Waals surface area contributed by atoms with E-state index in [-0.39, 0.29) is 24.1 Å². The summed E-state index contributed by atoms with van der Waals surface area (Å²) in [5, 5.41) is 3.39. The number of nitrogens with one attached hydrogen (secondary N) is 1. The van der Waals surface area contributed by atoms with Crippen LogP contribution in [-0.2, 0) is 4.79 Å². The molecule has 1 N–H and O–H groups in total. The number of ketones is 1. The molecule has 0 aliphatic rings. The van der Waals surface area contributed by atoms with Gasteiger partial charge in [0.25, 0.3) is 5.91 Å². The molecule has 0 aliphatic heterocycles. The van der Waals surface area contributed by atoms with Crippen LogP contribution in [0.15, 0.2) is 54.6 Å². The van der Waals surface area contributed by atoms with Crippen molar-refractivity contribution in [3.63, 3.8) is 0 Å². The summed E-state index contributed by atoms with van der Waals surface area (Å²) in [5.74, 6) is 2.10. The number of carbonyl (C=O) groups excluding carboxylic acids is 2. The van der Waals surface area contributed by atoms with E-state index >= 15 is 0 Å². The van der Waals surface area contributed by atoms with Gasteiger partial charge in [0.1, 0.15) is 5.54 Å². The quantitative estimate of drug-likeness (QED) is 0.371. The van der Waals surface area contributed by atoms with Gasteiger partial charge < -0.3 is 5.32 Å². The van der Waals surface area contributed by atoms with Crippen LogP contribution in [0.1, 0.15) is 37.0 Å². The van der Waals surface area contributed by atoms with E-state index in [2.05, 4.69) is 11.2 Å². The molecule has 0 aliphatic carbocycles. The maximum Gasteiger partial charge on any atom is 0.253 e. The van der Waals surface area contributed by atoms with Crippen LogP contribution in [0, 0.1) is 12.3 Å². The van der Waals surface area contributed by atoms with Crippen molar-refractivity contribution in [1.29, 1.82) is 0 Å². The zero-order valence-corrected chi connectivity index (χ0v) is 18.4. The standard InChI is InChI=1S/C23H25ClN2O2.ClH/c1-5-23(6-2,7-3)26(19-11-9-8-10-12-19)22(28)20(25-4)21(27)17-13-15-18(24)16-14-17;/h1,8-16,20,25H,6-7H2,2-4H3;1H. The second-order valence-corrected chi connectivity index (χ2v) is 6.92. The van der Waals surface area contributed by atoms with Gasteiger partial charge in [-0.1, -0.05) is 49.6 Å². The molecule has 154 valence electrons. The second-order valence-electron chi connectivity index (χ2n) is 6.49. The van der Waals surface area contributed by atoms with Gasteiger partial charge in [-0.05, 0) is 56.3 Å². The van der Waals surface area contributed by atoms with Crippen LogP contribution in [0.5, 0.6) is 0 Å². The number of likely N-dealkylation sites (N-methyl/N-ethyl adjacent to an activating group) is 1. The monoisotopic (exact) mass is 432 g/mol. The van der Waals surface area contributed by atoms with Crippen LogP contribution < -0.4 is 10.2 Å². The van der Waals surface area contributed by atoms with Gasteiger partial charge in [0.05, 0.1) is 0 Å². The molecule has 1 atom stereocenters. The van der Waals surface area contributed by atoms with Gasteiger partial charge in [-0.25, -0.2) is 0 Å². The molecule has 0 fully saturated rings. The first kappa shape index (κ1) is 24.7. The SMILES string of the molecule is C#CC(CC)(CC)N(C(=O)C(NC)C(=O)c1ccc(Cl)cc1)c1ccccc1.Cl. The first-order chi connectivity index (χ1) is 13.4. The van der Waals surface area contributed by atoms with Gasteiger partial charge >= 0.3 is 0 Å². The normalized spacial score (nSPS) is 11.7. The Bertz CT molecular complexity index is 857. The van der Waals surface area contributed by atoms with E-state index in [1.807, 2.05) is 44.2 Å². The summed E-state index contributed by atoms with van der Waals surface area (Å²) in [6, 6.07) is 14.6. The van der Waals surface area contributed by atoms with Crippen LogP contribution in [0.2, 0.25) is 5.02 Å². The van der Waals surface area contributed by atoms with E-state index in [1.54, 1.807) is 36.2 Å². The highest BCUT2D eigenvalue weighted by molar-refractivity contribution is 6.30. The summed E-state index contributed by atoms with van der Waals surface area (Å²) in [7, 11) is 1.59. The van der Waals surface area contributed by atoms with E-state index in [0.717, 1.165) is 0 Å². The molecule has 2 aromatic carbocycles. The van der Waals surface area contributed by atoms with Gasteiger partial charge in [0.15, 0.2) is 11.8 Å². The fourth-order valence-electron chi connectivity index (χ4n) is 3.27. The average Bonchev–Trinajstić information content (AvgIpc) is 2.73. The molecule has 1 amide bonds. The third-order valence-electron chi connectivity index (χ3n) is 5.03. The lowest BCUT2D eigenvalue weighted by molar-refractivity contribution is -0.120. The molecule has 0 radical (unpaired) electrons. The van der Waals surface area contributed by atoms with Gasteiger partial charge in [-0.3, -0.25) is 14.5 Å². The topological polar surface area (TPSA) is 49.4 Å². The van der Waals surface area contributed by atoms with Gasteiger partial charge in [-0.2, -0.15) is 0 Å². The maximum atomic E-state index is 13.6. The minimum atomic E-state index is -1.06. The number of hydrogen-bond donors (Lipinski definition) is 1. The van der Waals surface area contributed by atoms with Gasteiger partial charge in [0.2, 0.25) is 0 Å². The Labute approximate surface area is 184 Å². The fraction of sp³-hybridized carbons (Fsp3) is 0.304. The van der Waals surface area contributed by atoms with Crippen LogP contribution in [0.4, 0.5) is 5.69 Å². The molecule has 0 saturated heterocycles. The molecular formula is C23H26Cl2N2O2. The number of Topliss-reactive ketones (excluding diaryl/α,β-unsaturated/α-hetero) is 1. The molecule has 29 heavy (non-hydrogen) atoms. The summed E-state index contributed by atoms with van der Waals surface area (Å²) in [5.41, 5.74) is 0.246. The van der Waals surface area contributed by atoms with E-state index in [0.29, 0.717) is 29.1 Å². The van der Waals surface area contributed by atoms with Gasteiger partial charge in [0, 0.05) is 16.3 Å². The lowest BCUT2D eigenvalue weighted by Gasteiger charge is -2.40. The van der Waals surface area contributed by atoms with E-state index in [4.69, 9.17) is 18.0 Å². The first-order valence-electron chi connectivity index (χ1n) is 9.28. The maximum absolute atomic E-state index is 13.6. The third-order valence-corrected chi connectivity index (χ3v) is 5.28. The van der Waals surface area contributed by atoms with Crippen molar-refractivity contribution in [2.45, 2.75) is 38.3 Å². The lowest BCUT2D eigenvalue weighted by Crippen LogP contribution is -2.58. The molecule has 0 saturated carbocycles. The Hall–Kier alpha value is -2.32. The predicted octanol–water partition coefficient (Wildman–Crippen LogP) is 4.76. The molecule has 0 bridgehead atoms. The van der Waals surface area contributed by atoms with Crippen LogP contribution in [0.3, 0.4) is 0 Å². The van der Waals surface area contributed by atoms with Crippen molar-refractivity contribution < 1.29 is 9.59 Å². The highest BCUT2D eigenvalue weighted by atomic mass is 35.5. The van der Waals surface area contributed by atoms with Crippen LogP contribution in [0.25, 0.3) is 0 Å².